The molecular weight excluding hydrogens is 280 g/mol. The van der Waals surface area contributed by atoms with E-state index in [1.54, 1.807) is 18.2 Å². The van der Waals surface area contributed by atoms with Gasteiger partial charge >= 0.3 is 0 Å². The van der Waals surface area contributed by atoms with Crippen LogP contribution in [0.2, 0.25) is 5.02 Å². The number of hydrogen-bond donors (Lipinski definition) is 0. The quantitative estimate of drug-likeness (QED) is 0.635. The van der Waals surface area contributed by atoms with Crippen LogP contribution < -0.4 is 4.74 Å². The van der Waals surface area contributed by atoms with E-state index in [2.05, 4.69) is 6.07 Å². The fourth-order valence-corrected chi connectivity index (χ4v) is 1.88. The minimum Gasteiger partial charge on any atom is -0.489 e. The SMILES string of the molecule is N#Cc1ccccc1COc1ccc([N+](=O)[O-])c(Cl)c1. The fourth-order valence-electron chi connectivity index (χ4n) is 1.64. The molecule has 5 nitrogen and oxygen atoms in total. The van der Waals surface area contributed by atoms with Gasteiger partial charge in [0, 0.05) is 17.7 Å². The van der Waals surface area contributed by atoms with Crippen LogP contribution in [0.3, 0.4) is 0 Å². The lowest BCUT2D eigenvalue weighted by molar-refractivity contribution is -0.384. The second-order valence-electron chi connectivity index (χ2n) is 3.93. The first-order valence-corrected chi connectivity index (χ1v) is 6.04. The van der Waals surface area contributed by atoms with Crippen LogP contribution >= 0.6 is 11.6 Å². The lowest BCUT2D eigenvalue weighted by Gasteiger charge is -2.07. The van der Waals surface area contributed by atoms with Crippen molar-refractivity contribution in [3.05, 3.63) is 68.7 Å². The zero-order valence-corrected chi connectivity index (χ0v) is 11.0. The minimum absolute atomic E-state index is 0.0149. The molecule has 0 unspecified atom stereocenters. The number of hydrogen-bond acceptors (Lipinski definition) is 4. The van der Waals surface area contributed by atoms with Crippen LogP contribution in [0.5, 0.6) is 5.75 Å². The molecule has 2 aromatic carbocycles. The Labute approximate surface area is 120 Å². The molecule has 0 N–H and O–H groups in total. The van der Waals surface area contributed by atoms with Crippen LogP contribution in [0.4, 0.5) is 5.69 Å². The van der Waals surface area contributed by atoms with Gasteiger partial charge < -0.3 is 4.74 Å². The van der Waals surface area contributed by atoms with E-state index in [0.29, 0.717) is 11.3 Å². The highest BCUT2D eigenvalue weighted by atomic mass is 35.5. The highest BCUT2D eigenvalue weighted by Gasteiger charge is 2.12. The van der Waals surface area contributed by atoms with Crippen molar-refractivity contribution < 1.29 is 9.66 Å². The van der Waals surface area contributed by atoms with Gasteiger partial charge in [0.1, 0.15) is 17.4 Å². The van der Waals surface area contributed by atoms with Crippen LogP contribution in [-0.4, -0.2) is 4.92 Å². The third-order valence-corrected chi connectivity index (χ3v) is 2.95. The van der Waals surface area contributed by atoms with Gasteiger partial charge in [-0.25, -0.2) is 0 Å². The Morgan fingerprint density at radius 2 is 2.05 bits per heavy atom. The first-order valence-electron chi connectivity index (χ1n) is 5.66. The summed E-state index contributed by atoms with van der Waals surface area (Å²) in [5.41, 5.74) is 1.10. The Morgan fingerprint density at radius 3 is 2.70 bits per heavy atom. The van der Waals surface area contributed by atoms with Crippen LogP contribution in [0.15, 0.2) is 42.5 Å². The maximum Gasteiger partial charge on any atom is 0.288 e. The first kappa shape index (κ1) is 13.8. The van der Waals surface area contributed by atoms with Crippen molar-refractivity contribution in [1.29, 1.82) is 5.26 Å². The third-order valence-electron chi connectivity index (χ3n) is 2.65. The van der Waals surface area contributed by atoms with Gasteiger partial charge in [0.15, 0.2) is 0 Å². The van der Waals surface area contributed by atoms with E-state index in [-0.39, 0.29) is 17.3 Å². The molecule has 0 saturated heterocycles. The van der Waals surface area contributed by atoms with Gasteiger partial charge in [0.2, 0.25) is 0 Å². The van der Waals surface area contributed by atoms with E-state index in [9.17, 15) is 10.1 Å². The number of ether oxygens (including phenoxy) is 1. The largest absolute Gasteiger partial charge is 0.489 e. The summed E-state index contributed by atoms with van der Waals surface area (Å²) < 4.78 is 5.49. The molecule has 100 valence electrons. The van der Waals surface area contributed by atoms with Crippen molar-refractivity contribution in [3.8, 4) is 11.8 Å². The summed E-state index contributed by atoms with van der Waals surface area (Å²) in [6.07, 6.45) is 0. The van der Waals surface area contributed by atoms with Crippen molar-refractivity contribution in [2.45, 2.75) is 6.61 Å². The van der Waals surface area contributed by atoms with Gasteiger partial charge in [-0.15, -0.1) is 0 Å². The molecule has 0 aliphatic heterocycles. The number of nitro groups is 1. The zero-order chi connectivity index (χ0) is 14.5. The van der Waals surface area contributed by atoms with Crippen molar-refractivity contribution in [2.24, 2.45) is 0 Å². The number of benzene rings is 2. The molecule has 20 heavy (non-hydrogen) atoms. The number of nitrogens with zero attached hydrogens (tertiary/aromatic N) is 2. The van der Waals surface area contributed by atoms with Crippen molar-refractivity contribution >= 4 is 17.3 Å². The maximum atomic E-state index is 10.6. The van der Waals surface area contributed by atoms with Crippen LogP contribution in [0.1, 0.15) is 11.1 Å². The van der Waals surface area contributed by atoms with Crippen molar-refractivity contribution in [1.82, 2.24) is 0 Å². The molecule has 0 atom stereocenters. The molecule has 0 aromatic heterocycles. The Morgan fingerprint density at radius 1 is 1.30 bits per heavy atom. The van der Waals surface area contributed by atoms with Gasteiger partial charge in [-0.05, 0) is 12.1 Å². The highest BCUT2D eigenvalue weighted by molar-refractivity contribution is 6.32. The fraction of sp³-hybridized carbons (Fsp3) is 0.0714. The Balaban J connectivity index is 2.14. The lowest BCUT2D eigenvalue weighted by Crippen LogP contribution is -1.98. The molecule has 6 heteroatoms. The second-order valence-corrected chi connectivity index (χ2v) is 4.34. The van der Waals surface area contributed by atoms with E-state index in [4.69, 9.17) is 21.6 Å². The Kier molecular flexibility index (Phi) is 4.18. The van der Waals surface area contributed by atoms with Gasteiger partial charge in [-0.1, -0.05) is 29.8 Å². The van der Waals surface area contributed by atoms with Crippen LogP contribution in [-0.2, 0) is 6.61 Å². The van der Waals surface area contributed by atoms with Crippen LogP contribution in [0, 0.1) is 21.4 Å². The van der Waals surface area contributed by atoms with Gasteiger partial charge in [0.25, 0.3) is 5.69 Å². The summed E-state index contributed by atoms with van der Waals surface area (Å²) in [4.78, 5) is 10.1. The molecule has 0 amide bonds. The minimum atomic E-state index is -0.558. The van der Waals surface area contributed by atoms with E-state index >= 15 is 0 Å². The molecule has 0 bridgehead atoms. The average molecular weight is 289 g/mol. The smallest absolute Gasteiger partial charge is 0.288 e. The normalized spacial score (nSPS) is 9.80. The molecule has 0 radical (unpaired) electrons. The maximum absolute atomic E-state index is 10.6. The molecule has 0 spiro atoms. The van der Waals surface area contributed by atoms with E-state index in [1.807, 2.05) is 6.07 Å². The summed E-state index contributed by atoms with van der Waals surface area (Å²) in [7, 11) is 0. The summed E-state index contributed by atoms with van der Waals surface area (Å²) in [5, 5.41) is 19.6. The monoisotopic (exact) mass is 288 g/mol. The molecule has 0 fully saturated rings. The molecule has 0 heterocycles. The van der Waals surface area contributed by atoms with E-state index in [1.165, 1.54) is 18.2 Å². The van der Waals surface area contributed by atoms with Crippen LogP contribution in [0.25, 0.3) is 0 Å². The predicted octanol–water partition coefficient (Wildman–Crippen LogP) is 3.70. The topological polar surface area (TPSA) is 76.2 Å². The lowest BCUT2D eigenvalue weighted by atomic mass is 10.1. The third kappa shape index (κ3) is 3.05. The summed E-state index contributed by atoms with van der Waals surface area (Å²) in [5.74, 6) is 0.411. The summed E-state index contributed by atoms with van der Waals surface area (Å²) in [6, 6.07) is 13.3. The number of halogens is 1. The number of nitriles is 1. The predicted molar refractivity (Wildman–Crippen MR) is 73.6 cm³/mol. The molecule has 0 aliphatic rings. The Hall–Kier alpha value is -2.58. The molecule has 2 rings (SSSR count). The molecule has 0 saturated carbocycles. The summed E-state index contributed by atoms with van der Waals surface area (Å²) in [6.45, 7) is 0.192. The summed E-state index contributed by atoms with van der Waals surface area (Å²) >= 11 is 5.79. The van der Waals surface area contributed by atoms with E-state index in [0.717, 1.165) is 5.56 Å². The van der Waals surface area contributed by atoms with Gasteiger partial charge in [-0.2, -0.15) is 5.26 Å². The van der Waals surface area contributed by atoms with E-state index < -0.39 is 4.92 Å². The van der Waals surface area contributed by atoms with Crippen molar-refractivity contribution in [3.63, 3.8) is 0 Å². The van der Waals surface area contributed by atoms with Gasteiger partial charge in [0.05, 0.1) is 16.6 Å². The standard InChI is InChI=1S/C14H9ClN2O3/c15-13-7-12(5-6-14(13)17(18)19)20-9-11-4-2-1-3-10(11)8-16/h1-7H,9H2. The molecule has 0 aliphatic carbocycles. The van der Waals surface area contributed by atoms with Gasteiger partial charge in [-0.3, -0.25) is 10.1 Å². The number of rotatable bonds is 4. The highest BCUT2D eigenvalue weighted by Crippen LogP contribution is 2.28. The number of nitro benzene ring substituents is 1. The Bertz CT molecular complexity index is 695. The zero-order valence-electron chi connectivity index (χ0n) is 10.2. The first-order chi connectivity index (χ1) is 9.61. The van der Waals surface area contributed by atoms with Crippen molar-refractivity contribution in [2.75, 3.05) is 0 Å². The molecular formula is C14H9ClN2O3. The molecule has 2 aromatic rings. The second kappa shape index (κ2) is 6.04. The average Bonchev–Trinajstić information content (AvgIpc) is 2.45.